The van der Waals surface area contributed by atoms with E-state index in [9.17, 15) is 9.18 Å². The van der Waals surface area contributed by atoms with Crippen molar-refractivity contribution in [3.8, 4) is 21.9 Å². The number of aromatic nitrogens is 2. The SMILES string of the molecule is COc1cc(-n2cnc3cc(-c4ccc(F)cc4)sc3c2=O)ccc1N. The van der Waals surface area contributed by atoms with Crippen molar-refractivity contribution in [1.29, 1.82) is 0 Å². The first-order chi connectivity index (χ1) is 12.6. The summed E-state index contributed by atoms with van der Waals surface area (Å²) in [5, 5.41) is 0. The average Bonchev–Trinajstić information content (AvgIpc) is 3.08. The number of hydrogen-bond donors (Lipinski definition) is 1. The third-order valence-corrected chi connectivity index (χ3v) is 5.22. The van der Waals surface area contributed by atoms with Gasteiger partial charge in [-0.3, -0.25) is 9.36 Å². The minimum Gasteiger partial charge on any atom is -0.495 e. The fraction of sp³-hybridized carbons (Fsp3) is 0.0526. The summed E-state index contributed by atoms with van der Waals surface area (Å²) in [5.41, 5.74) is 8.21. The van der Waals surface area contributed by atoms with Gasteiger partial charge < -0.3 is 10.5 Å². The molecule has 0 radical (unpaired) electrons. The monoisotopic (exact) mass is 367 g/mol. The lowest BCUT2D eigenvalue weighted by Gasteiger charge is -2.09. The zero-order chi connectivity index (χ0) is 18.3. The smallest absolute Gasteiger partial charge is 0.275 e. The first-order valence-corrected chi connectivity index (χ1v) is 8.59. The van der Waals surface area contributed by atoms with Crippen molar-refractivity contribution in [3.05, 3.63) is 71.0 Å². The number of halogens is 1. The molecule has 0 saturated carbocycles. The highest BCUT2D eigenvalue weighted by molar-refractivity contribution is 7.22. The van der Waals surface area contributed by atoms with Crippen LogP contribution in [0.4, 0.5) is 10.1 Å². The summed E-state index contributed by atoms with van der Waals surface area (Å²) >= 11 is 1.33. The number of fused-ring (bicyclic) bond motifs is 1. The second-order valence-corrected chi connectivity index (χ2v) is 6.73. The van der Waals surface area contributed by atoms with E-state index in [1.165, 1.54) is 41.5 Å². The minimum atomic E-state index is -0.298. The van der Waals surface area contributed by atoms with Crippen LogP contribution in [-0.2, 0) is 0 Å². The standard InChI is InChI=1S/C19H14FN3O2S/c1-25-16-8-13(6-7-14(16)21)23-10-22-15-9-17(26-18(15)19(23)24)11-2-4-12(20)5-3-11/h2-10H,21H2,1H3. The van der Waals surface area contributed by atoms with Crippen molar-refractivity contribution in [2.24, 2.45) is 0 Å². The number of ether oxygens (including phenoxy) is 1. The van der Waals surface area contributed by atoms with Crippen molar-refractivity contribution in [2.45, 2.75) is 0 Å². The largest absolute Gasteiger partial charge is 0.495 e. The number of rotatable bonds is 3. The highest BCUT2D eigenvalue weighted by Crippen LogP contribution is 2.31. The van der Waals surface area contributed by atoms with Crippen LogP contribution in [-0.4, -0.2) is 16.7 Å². The summed E-state index contributed by atoms with van der Waals surface area (Å²) in [4.78, 5) is 18.2. The van der Waals surface area contributed by atoms with Gasteiger partial charge in [-0.05, 0) is 35.9 Å². The lowest BCUT2D eigenvalue weighted by atomic mass is 10.2. The molecule has 0 unspecified atom stereocenters. The van der Waals surface area contributed by atoms with Crippen LogP contribution in [0.15, 0.2) is 59.7 Å². The van der Waals surface area contributed by atoms with Crippen LogP contribution in [0.5, 0.6) is 5.75 Å². The Morgan fingerprint density at radius 1 is 1.15 bits per heavy atom. The van der Waals surface area contributed by atoms with Crippen molar-refractivity contribution < 1.29 is 9.13 Å². The van der Waals surface area contributed by atoms with Crippen molar-refractivity contribution in [3.63, 3.8) is 0 Å². The van der Waals surface area contributed by atoms with Crippen LogP contribution in [0.2, 0.25) is 0 Å². The van der Waals surface area contributed by atoms with Crippen LogP contribution < -0.4 is 16.0 Å². The van der Waals surface area contributed by atoms with Crippen LogP contribution in [0.25, 0.3) is 26.3 Å². The molecule has 130 valence electrons. The molecule has 0 atom stereocenters. The van der Waals surface area contributed by atoms with Gasteiger partial charge in [-0.1, -0.05) is 12.1 Å². The first kappa shape index (κ1) is 16.3. The van der Waals surface area contributed by atoms with Crippen LogP contribution in [0.1, 0.15) is 0 Å². The second-order valence-electron chi connectivity index (χ2n) is 5.68. The highest BCUT2D eigenvalue weighted by Gasteiger charge is 2.12. The lowest BCUT2D eigenvalue weighted by Crippen LogP contribution is -2.17. The number of nitrogen functional groups attached to an aromatic ring is 1. The van der Waals surface area contributed by atoms with Crippen molar-refractivity contribution >= 4 is 27.2 Å². The van der Waals surface area contributed by atoms with Gasteiger partial charge in [0.15, 0.2) is 0 Å². The Bertz CT molecular complexity index is 1170. The average molecular weight is 367 g/mol. The topological polar surface area (TPSA) is 70.1 Å². The molecule has 0 spiro atoms. The predicted molar refractivity (Wildman–Crippen MR) is 102 cm³/mol. The molecule has 2 N–H and O–H groups in total. The Hall–Kier alpha value is -3.19. The van der Waals surface area contributed by atoms with Gasteiger partial charge in [0, 0.05) is 10.9 Å². The van der Waals surface area contributed by atoms with E-state index in [1.54, 1.807) is 30.3 Å². The Morgan fingerprint density at radius 3 is 2.65 bits per heavy atom. The number of thiophene rings is 1. The summed E-state index contributed by atoms with van der Waals surface area (Å²) in [6.07, 6.45) is 1.48. The molecule has 0 fully saturated rings. The molecule has 0 aliphatic carbocycles. The summed E-state index contributed by atoms with van der Waals surface area (Å²) in [6, 6.07) is 13.1. The second kappa shape index (κ2) is 6.27. The van der Waals surface area contributed by atoms with E-state index >= 15 is 0 Å². The van der Waals surface area contributed by atoms with E-state index in [4.69, 9.17) is 10.5 Å². The molecule has 7 heteroatoms. The quantitative estimate of drug-likeness (QED) is 0.559. The molecular weight excluding hydrogens is 353 g/mol. The maximum atomic E-state index is 13.1. The maximum absolute atomic E-state index is 13.1. The fourth-order valence-corrected chi connectivity index (χ4v) is 3.75. The number of anilines is 1. The van der Waals surface area contributed by atoms with Crippen molar-refractivity contribution in [2.75, 3.05) is 12.8 Å². The van der Waals surface area contributed by atoms with Gasteiger partial charge >= 0.3 is 0 Å². The van der Waals surface area contributed by atoms with Gasteiger partial charge in [0.2, 0.25) is 0 Å². The van der Waals surface area contributed by atoms with Gasteiger partial charge in [0.05, 0.1) is 24.0 Å². The Morgan fingerprint density at radius 2 is 1.92 bits per heavy atom. The lowest BCUT2D eigenvalue weighted by molar-refractivity contribution is 0.417. The third kappa shape index (κ3) is 2.72. The highest BCUT2D eigenvalue weighted by atomic mass is 32.1. The summed E-state index contributed by atoms with van der Waals surface area (Å²) < 4.78 is 20.3. The molecule has 0 amide bonds. The molecule has 5 nitrogen and oxygen atoms in total. The van der Waals surface area contributed by atoms with E-state index in [-0.39, 0.29) is 11.4 Å². The zero-order valence-corrected chi connectivity index (χ0v) is 14.6. The number of nitrogens with zero attached hydrogens (tertiary/aromatic N) is 2. The Labute approximate surface area is 152 Å². The minimum absolute atomic E-state index is 0.180. The molecule has 4 rings (SSSR count). The van der Waals surface area contributed by atoms with E-state index in [2.05, 4.69) is 4.98 Å². The number of hydrogen-bond acceptors (Lipinski definition) is 5. The zero-order valence-electron chi connectivity index (χ0n) is 13.8. The molecule has 0 aliphatic heterocycles. The number of methoxy groups -OCH3 is 1. The third-order valence-electron chi connectivity index (χ3n) is 4.06. The summed E-state index contributed by atoms with van der Waals surface area (Å²) in [5.74, 6) is 0.195. The molecule has 0 bridgehead atoms. The Balaban J connectivity index is 1.85. The van der Waals surface area contributed by atoms with E-state index < -0.39 is 0 Å². The van der Waals surface area contributed by atoms with Crippen molar-refractivity contribution in [1.82, 2.24) is 9.55 Å². The van der Waals surface area contributed by atoms with Gasteiger partial charge in [0.1, 0.15) is 22.6 Å². The molecule has 2 aromatic heterocycles. The molecule has 0 saturated heterocycles. The molecule has 0 aliphatic rings. The maximum Gasteiger partial charge on any atom is 0.275 e. The van der Waals surface area contributed by atoms with Crippen LogP contribution in [0.3, 0.4) is 0 Å². The first-order valence-electron chi connectivity index (χ1n) is 7.78. The molecule has 2 aromatic carbocycles. The van der Waals surface area contributed by atoms with Gasteiger partial charge in [-0.25, -0.2) is 9.37 Å². The van der Waals surface area contributed by atoms with E-state index in [0.717, 1.165) is 10.4 Å². The predicted octanol–water partition coefficient (Wildman–Crippen LogP) is 3.84. The van der Waals surface area contributed by atoms with Gasteiger partial charge in [-0.2, -0.15) is 0 Å². The van der Waals surface area contributed by atoms with Crippen LogP contribution in [0, 0.1) is 5.82 Å². The molecule has 26 heavy (non-hydrogen) atoms. The van der Waals surface area contributed by atoms with E-state index in [0.29, 0.717) is 27.3 Å². The molecule has 4 aromatic rings. The van der Waals surface area contributed by atoms with Gasteiger partial charge in [-0.15, -0.1) is 11.3 Å². The number of benzene rings is 2. The number of nitrogens with two attached hydrogens (primary N) is 1. The Kier molecular flexibility index (Phi) is 3.93. The fourth-order valence-electron chi connectivity index (χ4n) is 2.70. The molecular formula is C19H14FN3O2S. The summed E-state index contributed by atoms with van der Waals surface area (Å²) in [7, 11) is 1.52. The van der Waals surface area contributed by atoms with E-state index in [1.807, 2.05) is 6.07 Å². The molecule has 2 heterocycles. The summed E-state index contributed by atoms with van der Waals surface area (Å²) in [6.45, 7) is 0. The van der Waals surface area contributed by atoms with Crippen LogP contribution >= 0.6 is 11.3 Å². The normalized spacial score (nSPS) is 11.0. The van der Waals surface area contributed by atoms with Gasteiger partial charge in [0.25, 0.3) is 5.56 Å².